The van der Waals surface area contributed by atoms with E-state index in [9.17, 15) is 4.79 Å². The van der Waals surface area contributed by atoms with Gasteiger partial charge in [0.05, 0.1) is 0 Å². The lowest BCUT2D eigenvalue weighted by Crippen LogP contribution is -2.25. The molecule has 0 radical (unpaired) electrons. The molecule has 0 saturated heterocycles. The third-order valence-electron chi connectivity index (χ3n) is 3.43. The molecule has 1 heterocycles. The Bertz CT molecular complexity index is 611. The molecular formula is C17H22ClN3O2. The van der Waals surface area contributed by atoms with Gasteiger partial charge in [-0.15, -0.1) is 0 Å². The van der Waals surface area contributed by atoms with Crippen molar-refractivity contribution in [3.8, 4) is 0 Å². The second-order valence-electron chi connectivity index (χ2n) is 5.43. The highest BCUT2D eigenvalue weighted by molar-refractivity contribution is 6.30. The molecule has 124 valence electrons. The van der Waals surface area contributed by atoms with E-state index in [1.165, 1.54) is 0 Å². The van der Waals surface area contributed by atoms with E-state index in [0.29, 0.717) is 31.7 Å². The summed E-state index contributed by atoms with van der Waals surface area (Å²) in [5, 5.41) is 7.54. The van der Waals surface area contributed by atoms with Gasteiger partial charge in [0.25, 0.3) is 0 Å². The van der Waals surface area contributed by atoms with Crippen LogP contribution in [0.1, 0.15) is 43.5 Å². The number of benzene rings is 1. The Morgan fingerprint density at radius 3 is 2.74 bits per heavy atom. The van der Waals surface area contributed by atoms with E-state index in [1.807, 2.05) is 24.3 Å². The molecule has 2 aromatic rings. The van der Waals surface area contributed by atoms with Crippen molar-refractivity contribution >= 4 is 17.5 Å². The van der Waals surface area contributed by atoms with E-state index in [0.717, 1.165) is 35.7 Å². The van der Waals surface area contributed by atoms with Crippen molar-refractivity contribution in [3.63, 3.8) is 0 Å². The van der Waals surface area contributed by atoms with E-state index >= 15 is 0 Å². The van der Waals surface area contributed by atoms with Gasteiger partial charge in [-0.25, -0.2) is 0 Å². The Morgan fingerprint density at radius 2 is 2.00 bits per heavy atom. The molecule has 0 aliphatic carbocycles. The summed E-state index contributed by atoms with van der Waals surface area (Å²) >= 11 is 5.84. The van der Waals surface area contributed by atoms with Crippen molar-refractivity contribution < 1.29 is 9.32 Å². The highest BCUT2D eigenvalue weighted by atomic mass is 35.5. The minimum atomic E-state index is 0.0484. The maximum atomic E-state index is 11.8. The second kappa shape index (κ2) is 9.30. The zero-order chi connectivity index (χ0) is 16.5. The summed E-state index contributed by atoms with van der Waals surface area (Å²) in [6, 6.07) is 7.65. The van der Waals surface area contributed by atoms with Crippen LogP contribution < -0.4 is 5.32 Å². The molecule has 1 aromatic carbocycles. The van der Waals surface area contributed by atoms with Crippen LogP contribution in [0.5, 0.6) is 0 Å². The standard InChI is InChI=1S/C17H22ClN3O2/c1-2-4-15-20-17(23-21-15)6-3-5-16(22)19-12-11-13-7-9-14(18)10-8-13/h7-10H,2-6,11-12H2,1H3,(H,19,22). The fourth-order valence-electron chi connectivity index (χ4n) is 2.20. The van der Waals surface area contributed by atoms with Crippen LogP contribution in [-0.4, -0.2) is 22.6 Å². The van der Waals surface area contributed by atoms with Crippen LogP contribution in [0, 0.1) is 0 Å². The molecule has 0 bridgehead atoms. The molecule has 23 heavy (non-hydrogen) atoms. The van der Waals surface area contributed by atoms with Gasteiger partial charge in [0.2, 0.25) is 11.8 Å². The molecule has 0 aliphatic heterocycles. The van der Waals surface area contributed by atoms with Crippen LogP contribution in [0.2, 0.25) is 5.02 Å². The first kappa shape index (κ1) is 17.5. The van der Waals surface area contributed by atoms with E-state index in [4.69, 9.17) is 16.1 Å². The number of aryl methyl sites for hydroxylation is 2. The van der Waals surface area contributed by atoms with Gasteiger partial charge in [0.1, 0.15) is 0 Å². The van der Waals surface area contributed by atoms with E-state index in [1.54, 1.807) is 0 Å². The van der Waals surface area contributed by atoms with Crippen molar-refractivity contribution in [3.05, 3.63) is 46.6 Å². The van der Waals surface area contributed by atoms with Crippen LogP contribution in [0.15, 0.2) is 28.8 Å². The normalized spacial score (nSPS) is 10.7. The Hall–Kier alpha value is -1.88. The summed E-state index contributed by atoms with van der Waals surface area (Å²) in [6.45, 7) is 2.70. The first-order valence-corrected chi connectivity index (χ1v) is 8.37. The topological polar surface area (TPSA) is 68.0 Å². The van der Waals surface area contributed by atoms with Gasteiger partial charge in [0, 0.05) is 30.8 Å². The number of carbonyl (C=O) groups excluding carboxylic acids is 1. The molecule has 1 N–H and O–H groups in total. The average Bonchev–Trinajstić information content (AvgIpc) is 2.97. The monoisotopic (exact) mass is 335 g/mol. The van der Waals surface area contributed by atoms with Crippen LogP contribution in [0.3, 0.4) is 0 Å². The number of nitrogens with zero attached hydrogens (tertiary/aromatic N) is 2. The zero-order valence-electron chi connectivity index (χ0n) is 13.3. The summed E-state index contributed by atoms with van der Waals surface area (Å²) in [5.41, 5.74) is 1.16. The molecular weight excluding hydrogens is 314 g/mol. The van der Waals surface area contributed by atoms with E-state index in [-0.39, 0.29) is 5.91 Å². The van der Waals surface area contributed by atoms with Crippen molar-refractivity contribution in [2.24, 2.45) is 0 Å². The highest BCUT2D eigenvalue weighted by Crippen LogP contribution is 2.09. The number of hydrogen-bond donors (Lipinski definition) is 1. The SMILES string of the molecule is CCCc1noc(CCCC(=O)NCCc2ccc(Cl)cc2)n1. The summed E-state index contributed by atoms with van der Waals surface area (Å²) in [4.78, 5) is 16.1. The maximum Gasteiger partial charge on any atom is 0.226 e. The number of carbonyl (C=O) groups is 1. The number of rotatable bonds is 9. The highest BCUT2D eigenvalue weighted by Gasteiger charge is 2.07. The summed E-state index contributed by atoms with van der Waals surface area (Å²) in [5.74, 6) is 1.41. The van der Waals surface area contributed by atoms with Gasteiger partial charge in [-0.1, -0.05) is 35.8 Å². The Morgan fingerprint density at radius 1 is 1.22 bits per heavy atom. The van der Waals surface area contributed by atoms with Crippen LogP contribution >= 0.6 is 11.6 Å². The third-order valence-corrected chi connectivity index (χ3v) is 3.68. The molecule has 0 unspecified atom stereocenters. The molecule has 0 fully saturated rings. The van der Waals surface area contributed by atoms with E-state index in [2.05, 4.69) is 22.4 Å². The molecule has 2 rings (SSSR count). The summed E-state index contributed by atoms with van der Waals surface area (Å²) in [7, 11) is 0. The average molecular weight is 336 g/mol. The number of nitrogens with one attached hydrogen (secondary N) is 1. The van der Waals surface area contributed by atoms with Gasteiger partial charge in [-0.05, 0) is 37.0 Å². The second-order valence-corrected chi connectivity index (χ2v) is 5.87. The molecule has 0 spiro atoms. The first-order valence-electron chi connectivity index (χ1n) is 8.00. The largest absolute Gasteiger partial charge is 0.356 e. The number of amides is 1. The van der Waals surface area contributed by atoms with Crippen molar-refractivity contribution in [2.75, 3.05) is 6.54 Å². The molecule has 0 saturated carbocycles. The predicted octanol–water partition coefficient (Wildman–Crippen LogP) is 3.36. The predicted molar refractivity (Wildman–Crippen MR) is 89.4 cm³/mol. The molecule has 0 atom stereocenters. The Kier molecular flexibility index (Phi) is 7.07. The van der Waals surface area contributed by atoms with Crippen molar-refractivity contribution in [1.29, 1.82) is 0 Å². The van der Waals surface area contributed by atoms with Gasteiger partial charge < -0.3 is 9.84 Å². The quantitative estimate of drug-likeness (QED) is 0.763. The lowest BCUT2D eigenvalue weighted by atomic mass is 10.1. The smallest absolute Gasteiger partial charge is 0.226 e. The number of hydrogen-bond acceptors (Lipinski definition) is 4. The van der Waals surface area contributed by atoms with Crippen molar-refractivity contribution in [1.82, 2.24) is 15.5 Å². The minimum absolute atomic E-state index is 0.0484. The summed E-state index contributed by atoms with van der Waals surface area (Å²) < 4.78 is 5.14. The Balaban J connectivity index is 1.60. The Labute approximate surface area is 141 Å². The van der Waals surface area contributed by atoms with Gasteiger partial charge >= 0.3 is 0 Å². The van der Waals surface area contributed by atoms with Crippen LogP contribution in [0.25, 0.3) is 0 Å². The number of aromatic nitrogens is 2. The molecule has 5 nitrogen and oxygen atoms in total. The van der Waals surface area contributed by atoms with Crippen molar-refractivity contribution in [2.45, 2.75) is 45.4 Å². The summed E-state index contributed by atoms with van der Waals surface area (Å²) in [6.07, 6.45) is 4.44. The first-order chi connectivity index (χ1) is 11.2. The van der Waals surface area contributed by atoms with Crippen LogP contribution in [0.4, 0.5) is 0 Å². The van der Waals surface area contributed by atoms with Gasteiger partial charge in [0.15, 0.2) is 5.82 Å². The number of halogens is 1. The molecule has 1 amide bonds. The molecule has 1 aromatic heterocycles. The molecule has 0 aliphatic rings. The lowest BCUT2D eigenvalue weighted by molar-refractivity contribution is -0.121. The third kappa shape index (κ3) is 6.40. The maximum absolute atomic E-state index is 11.8. The van der Waals surface area contributed by atoms with Crippen LogP contribution in [-0.2, 0) is 24.1 Å². The molecule has 6 heteroatoms. The zero-order valence-corrected chi connectivity index (χ0v) is 14.1. The van der Waals surface area contributed by atoms with Gasteiger partial charge in [-0.2, -0.15) is 4.98 Å². The fraction of sp³-hybridized carbons (Fsp3) is 0.471. The van der Waals surface area contributed by atoms with E-state index < -0.39 is 0 Å². The fourth-order valence-corrected chi connectivity index (χ4v) is 2.33. The van der Waals surface area contributed by atoms with Gasteiger partial charge in [-0.3, -0.25) is 4.79 Å². The lowest BCUT2D eigenvalue weighted by Gasteiger charge is -2.05. The minimum Gasteiger partial charge on any atom is -0.356 e.